The lowest BCUT2D eigenvalue weighted by molar-refractivity contribution is -0.128. The molecule has 4 nitrogen and oxygen atoms in total. The highest BCUT2D eigenvalue weighted by Gasteiger charge is 2.33. The summed E-state index contributed by atoms with van der Waals surface area (Å²) in [6.07, 6.45) is 4.73. The highest BCUT2D eigenvalue weighted by Crippen LogP contribution is 2.40. The lowest BCUT2D eigenvalue weighted by atomic mass is 10.0. The van der Waals surface area contributed by atoms with E-state index in [-0.39, 0.29) is 11.3 Å². The van der Waals surface area contributed by atoms with E-state index < -0.39 is 0 Å². The number of nitrogens with one attached hydrogen (secondary N) is 1. The molecule has 2 atom stereocenters. The Morgan fingerprint density at radius 1 is 1.10 bits per heavy atom. The Labute approximate surface area is 185 Å². The van der Waals surface area contributed by atoms with Crippen LogP contribution in [0, 0.1) is 0 Å². The Morgan fingerprint density at radius 2 is 1.93 bits per heavy atom. The van der Waals surface area contributed by atoms with Crippen LogP contribution < -0.4 is 10.1 Å². The summed E-state index contributed by atoms with van der Waals surface area (Å²) in [5, 5.41) is 4.66. The molecule has 2 saturated heterocycles. The zero-order valence-electron chi connectivity index (χ0n) is 16.1. The summed E-state index contributed by atoms with van der Waals surface area (Å²) in [5.74, 6) is 2.03. The molecular formula is C22H24Cl2N2O2S. The van der Waals surface area contributed by atoms with Crippen LogP contribution in [0.4, 0.5) is 0 Å². The third kappa shape index (κ3) is 5.40. The lowest BCUT2D eigenvalue weighted by Gasteiger charge is -2.29. The quantitative estimate of drug-likeness (QED) is 0.595. The van der Waals surface area contributed by atoms with E-state index in [1.807, 2.05) is 23.1 Å². The number of piperidine rings is 1. The van der Waals surface area contributed by atoms with Gasteiger partial charge in [-0.2, -0.15) is 0 Å². The molecule has 1 N–H and O–H groups in total. The van der Waals surface area contributed by atoms with Crippen molar-refractivity contribution in [1.82, 2.24) is 10.2 Å². The fourth-order valence-electron chi connectivity index (χ4n) is 3.89. The average molecular weight is 451 g/mol. The first-order chi connectivity index (χ1) is 14.1. The van der Waals surface area contributed by atoms with Crippen LogP contribution in [0.3, 0.4) is 0 Å². The maximum absolute atomic E-state index is 12.5. The number of amides is 1. The van der Waals surface area contributed by atoms with Gasteiger partial charge in [0.2, 0.25) is 5.91 Å². The van der Waals surface area contributed by atoms with E-state index in [1.54, 1.807) is 30.0 Å². The molecule has 2 heterocycles. The Kier molecular flexibility index (Phi) is 6.91. The van der Waals surface area contributed by atoms with Crippen LogP contribution in [-0.2, 0) is 4.79 Å². The summed E-state index contributed by atoms with van der Waals surface area (Å²) in [4.78, 5) is 14.5. The molecule has 0 aromatic heterocycles. The second-order valence-corrected chi connectivity index (χ2v) is 9.41. The number of rotatable bonds is 6. The Balaban J connectivity index is 1.46. The lowest BCUT2D eigenvalue weighted by Crippen LogP contribution is -2.38. The summed E-state index contributed by atoms with van der Waals surface area (Å²) >= 11 is 13.8. The van der Waals surface area contributed by atoms with Crippen molar-refractivity contribution in [3.63, 3.8) is 0 Å². The smallest absolute Gasteiger partial charge is 0.233 e. The molecule has 2 aliphatic rings. The van der Waals surface area contributed by atoms with Gasteiger partial charge in [0.1, 0.15) is 16.9 Å². The van der Waals surface area contributed by atoms with Crippen LogP contribution in [0.1, 0.15) is 36.6 Å². The van der Waals surface area contributed by atoms with Gasteiger partial charge in [0.15, 0.2) is 0 Å². The first kappa shape index (κ1) is 20.9. The molecule has 2 aromatic rings. The normalized spacial score (nSPS) is 22.1. The molecule has 0 spiro atoms. The van der Waals surface area contributed by atoms with Crippen LogP contribution in [0.2, 0.25) is 10.0 Å². The van der Waals surface area contributed by atoms with Crippen molar-refractivity contribution in [2.24, 2.45) is 0 Å². The van der Waals surface area contributed by atoms with Gasteiger partial charge in [-0.3, -0.25) is 4.79 Å². The predicted molar refractivity (Wildman–Crippen MR) is 120 cm³/mol. The molecule has 2 aliphatic heterocycles. The van der Waals surface area contributed by atoms with Gasteiger partial charge in [0.25, 0.3) is 0 Å². The number of thioether (sulfide) groups is 1. The molecule has 2 unspecified atom stereocenters. The van der Waals surface area contributed by atoms with Crippen molar-refractivity contribution in [1.29, 1.82) is 0 Å². The van der Waals surface area contributed by atoms with Crippen LogP contribution in [0.15, 0.2) is 42.5 Å². The molecule has 2 fully saturated rings. The molecular weight excluding hydrogens is 427 g/mol. The zero-order chi connectivity index (χ0) is 20.2. The number of ether oxygens (including phenoxy) is 1. The van der Waals surface area contributed by atoms with Crippen molar-refractivity contribution in [3.05, 3.63) is 58.1 Å². The number of halogens is 2. The summed E-state index contributed by atoms with van der Waals surface area (Å²) in [5.41, 5.74) is 1.07. The van der Waals surface area contributed by atoms with E-state index in [0.29, 0.717) is 33.3 Å². The molecule has 1 amide bonds. The maximum Gasteiger partial charge on any atom is 0.233 e. The number of hydrogen-bond donors (Lipinski definition) is 1. The molecule has 2 aromatic carbocycles. The maximum atomic E-state index is 12.5. The third-order valence-corrected chi connectivity index (χ3v) is 7.01. The Morgan fingerprint density at radius 3 is 2.69 bits per heavy atom. The second-order valence-electron chi connectivity index (χ2n) is 7.47. The van der Waals surface area contributed by atoms with Crippen LogP contribution >= 0.6 is 35.0 Å². The van der Waals surface area contributed by atoms with Gasteiger partial charge in [-0.25, -0.2) is 0 Å². The molecule has 4 rings (SSSR count). The minimum atomic E-state index is 0.0255. The number of benzene rings is 2. The van der Waals surface area contributed by atoms with Crippen molar-refractivity contribution >= 4 is 40.9 Å². The third-order valence-electron chi connectivity index (χ3n) is 5.31. The predicted octanol–water partition coefficient (Wildman–Crippen LogP) is 5.89. The van der Waals surface area contributed by atoms with Crippen molar-refractivity contribution < 1.29 is 9.53 Å². The van der Waals surface area contributed by atoms with Crippen molar-refractivity contribution in [3.8, 4) is 11.5 Å². The fourth-order valence-corrected chi connectivity index (χ4v) is 5.61. The topological polar surface area (TPSA) is 41.6 Å². The fraction of sp³-hybridized carbons (Fsp3) is 0.409. The molecule has 7 heteroatoms. The molecule has 29 heavy (non-hydrogen) atoms. The van der Waals surface area contributed by atoms with E-state index in [9.17, 15) is 4.79 Å². The highest BCUT2D eigenvalue weighted by atomic mass is 35.5. The minimum Gasteiger partial charge on any atom is -0.457 e. The summed E-state index contributed by atoms with van der Waals surface area (Å²) in [6, 6.07) is 13.6. The number of carbonyl (C=O) groups excluding carboxylic acids is 1. The van der Waals surface area contributed by atoms with Crippen LogP contribution in [-0.4, -0.2) is 35.7 Å². The second kappa shape index (κ2) is 9.61. The average Bonchev–Trinajstić information content (AvgIpc) is 3.07. The largest absolute Gasteiger partial charge is 0.457 e. The van der Waals surface area contributed by atoms with Gasteiger partial charge in [-0.15, -0.1) is 11.8 Å². The molecule has 0 saturated carbocycles. The number of carbonyl (C=O) groups is 1. The van der Waals surface area contributed by atoms with Crippen LogP contribution in [0.25, 0.3) is 0 Å². The van der Waals surface area contributed by atoms with Gasteiger partial charge < -0.3 is 15.0 Å². The first-order valence-electron chi connectivity index (χ1n) is 9.97. The Bertz CT molecular complexity index is 853. The summed E-state index contributed by atoms with van der Waals surface area (Å²) in [6.45, 7) is 1.87. The summed E-state index contributed by atoms with van der Waals surface area (Å²) < 4.78 is 5.97. The van der Waals surface area contributed by atoms with Crippen molar-refractivity contribution in [2.75, 3.05) is 18.8 Å². The SMILES string of the molecule is O=C1CSC(c2cccc(Oc3cc(Cl)cc(Cl)c3)c2)N1CCC1CCCCN1. The monoisotopic (exact) mass is 450 g/mol. The zero-order valence-corrected chi connectivity index (χ0v) is 18.4. The molecule has 0 bridgehead atoms. The van der Waals surface area contributed by atoms with E-state index >= 15 is 0 Å². The van der Waals surface area contributed by atoms with Gasteiger partial charge in [0.05, 0.1) is 5.75 Å². The standard InChI is InChI=1S/C22H24Cl2N2O2S/c23-16-11-17(24)13-20(12-16)28-19-6-3-4-15(10-19)22-26(21(27)14-29-22)9-7-18-5-1-2-8-25-18/h3-4,6,10-13,18,22,25H,1-2,5,7-9,14H2. The van der Waals surface area contributed by atoms with Gasteiger partial charge >= 0.3 is 0 Å². The van der Waals surface area contributed by atoms with E-state index in [4.69, 9.17) is 27.9 Å². The Hall–Kier alpha value is -1.40. The van der Waals surface area contributed by atoms with E-state index in [2.05, 4.69) is 11.4 Å². The molecule has 0 aliphatic carbocycles. The molecule has 154 valence electrons. The highest BCUT2D eigenvalue weighted by molar-refractivity contribution is 8.00. The number of nitrogens with zero attached hydrogens (tertiary/aromatic N) is 1. The van der Waals surface area contributed by atoms with Gasteiger partial charge in [-0.1, -0.05) is 41.8 Å². The van der Waals surface area contributed by atoms with Crippen LogP contribution in [0.5, 0.6) is 11.5 Å². The molecule has 0 radical (unpaired) electrons. The van der Waals surface area contributed by atoms with Crippen molar-refractivity contribution in [2.45, 2.75) is 37.1 Å². The minimum absolute atomic E-state index is 0.0255. The number of hydrogen-bond acceptors (Lipinski definition) is 4. The van der Waals surface area contributed by atoms with Gasteiger partial charge in [0, 0.05) is 22.6 Å². The van der Waals surface area contributed by atoms with E-state index in [1.165, 1.54) is 19.3 Å². The first-order valence-corrected chi connectivity index (χ1v) is 11.8. The summed E-state index contributed by atoms with van der Waals surface area (Å²) in [7, 11) is 0. The van der Waals surface area contributed by atoms with Gasteiger partial charge in [-0.05, 0) is 61.7 Å². The van der Waals surface area contributed by atoms with E-state index in [0.717, 1.165) is 25.1 Å².